The summed E-state index contributed by atoms with van der Waals surface area (Å²) in [5.74, 6) is 14.9. The monoisotopic (exact) mass is 522 g/mol. The highest BCUT2D eigenvalue weighted by Crippen LogP contribution is 2.39. The Balaban J connectivity index is 1.38. The number of rotatable bonds is 4. The maximum Gasteiger partial charge on any atom is 0.135 e. The van der Waals surface area contributed by atoms with E-state index >= 15 is 0 Å². The Morgan fingerprint density at radius 2 is 0.634 bits per heavy atom. The summed E-state index contributed by atoms with van der Waals surface area (Å²) in [6.07, 6.45) is 0. The Morgan fingerprint density at radius 3 is 1.07 bits per heavy atom. The van der Waals surface area contributed by atoms with E-state index in [4.69, 9.17) is 4.74 Å². The molecule has 0 unspecified atom stereocenters. The van der Waals surface area contributed by atoms with E-state index in [1.54, 1.807) is 0 Å². The first kappa shape index (κ1) is 25.5. The summed E-state index contributed by atoms with van der Waals surface area (Å²) in [4.78, 5) is 0. The van der Waals surface area contributed by atoms with E-state index in [1.807, 2.05) is 121 Å². The predicted molar refractivity (Wildman–Crippen MR) is 169 cm³/mol. The molecule has 1 nitrogen and oxygen atoms in total. The first-order valence-corrected chi connectivity index (χ1v) is 13.5. The normalized spacial score (nSPS) is 10.0. The maximum atomic E-state index is 6.69. The lowest BCUT2D eigenvalue weighted by molar-refractivity contribution is 0.486. The van der Waals surface area contributed by atoms with Crippen LogP contribution in [-0.2, 0) is 0 Å². The minimum Gasteiger partial charge on any atom is -0.456 e. The minimum atomic E-state index is 0.766. The highest BCUT2D eigenvalue weighted by molar-refractivity contribution is 5.79. The van der Waals surface area contributed by atoms with Crippen molar-refractivity contribution < 1.29 is 4.74 Å². The van der Waals surface area contributed by atoms with Gasteiger partial charge < -0.3 is 4.74 Å². The molecule has 0 saturated heterocycles. The summed E-state index contributed by atoms with van der Waals surface area (Å²) in [6, 6.07) is 52.7. The van der Waals surface area contributed by atoms with Crippen molar-refractivity contribution >= 4 is 0 Å². The van der Waals surface area contributed by atoms with E-state index in [-0.39, 0.29) is 0 Å². The Hall–Kier alpha value is -5.76. The van der Waals surface area contributed by atoms with Gasteiger partial charge >= 0.3 is 0 Å². The highest BCUT2D eigenvalue weighted by Gasteiger charge is 2.14. The van der Waals surface area contributed by atoms with Crippen molar-refractivity contribution in [2.45, 2.75) is 0 Å². The van der Waals surface area contributed by atoms with Crippen LogP contribution in [0.15, 0.2) is 158 Å². The van der Waals surface area contributed by atoms with Crippen LogP contribution < -0.4 is 4.74 Å². The summed E-state index contributed by atoms with van der Waals surface area (Å²) >= 11 is 0. The van der Waals surface area contributed by atoms with Crippen molar-refractivity contribution in [3.8, 4) is 57.4 Å². The molecule has 0 saturated carbocycles. The largest absolute Gasteiger partial charge is 0.456 e. The van der Waals surface area contributed by atoms with Gasteiger partial charge in [-0.1, -0.05) is 133 Å². The van der Waals surface area contributed by atoms with E-state index < -0.39 is 0 Å². The second-order valence-electron chi connectivity index (χ2n) is 9.42. The highest BCUT2D eigenvalue weighted by atomic mass is 16.5. The molecule has 0 aromatic heterocycles. The molecule has 0 heterocycles. The zero-order chi connectivity index (χ0) is 27.7. The number of ether oxygens (including phenoxy) is 1. The molecule has 0 aliphatic carbocycles. The minimum absolute atomic E-state index is 0.766. The lowest BCUT2D eigenvalue weighted by Crippen LogP contribution is -1.93. The molecule has 0 spiro atoms. The number of para-hydroxylation sites is 2. The average molecular weight is 523 g/mol. The van der Waals surface area contributed by atoms with Crippen LogP contribution in [0.2, 0.25) is 0 Å². The van der Waals surface area contributed by atoms with E-state index in [0.717, 1.165) is 56.0 Å². The molecule has 41 heavy (non-hydrogen) atoms. The molecule has 192 valence electrons. The van der Waals surface area contributed by atoms with E-state index in [1.165, 1.54) is 0 Å². The van der Waals surface area contributed by atoms with E-state index in [9.17, 15) is 0 Å². The van der Waals surface area contributed by atoms with Gasteiger partial charge in [-0.05, 0) is 48.5 Å². The second-order valence-corrected chi connectivity index (χ2v) is 9.42. The van der Waals surface area contributed by atoms with Gasteiger partial charge in [0.2, 0.25) is 0 Å². The van der Waals surface area contributed by atoms with Crippen LogP contribution in [0.5, 0.6) is 11.5 Å². The molecule has 0 bridgehead atoms. The molecular weight excluding hydrogens is 496 g/mol. The van der Waals surface area contributed by atoms with Crippen molar-refractivity contribution in [3.05, 3.63) is 180 Å². The van der Waals surface area contributed by atoms with Crippen LogP contribution in [0.1, 0.15) is 22.3 Å². The Morgan fingerprint density at radius 1 is 0.293 bits per heavy atom. The van der Waals surface area contributed by atoms with Gasteiger partial charge in [0.15, 0.2) is 0 Å². The van der Waals surface area contributed by atoms with Gasteiger partial charge in [-0.3, -0.25) is 0 Å². The third kappa shape index (κ3) is 6.12. The van der Waals surface area contributed by atoms with E-state index in [0.29, 0.717) is 0 Å². The fraction of sp³-hybridized carbons (Fsp3) is 0. The smallest absolute Gasteiger partial charge is 0.135 e. The lowest BCUT2D eigenvalue weighted by atomic mass is 9.98. The van der Waals surface area contributed by atoms with Gasteiger partial charge in [0.05, 0.1) is 0 Å². The summed E-state index contributed by atoms with van der Waals surface area (Å²) in [5, 5.41) is 0. The molecule has 0 fully saturated rings. The second kappa shape index (κ2) is 12.4. The van der Waals surface area contributed by atoms with Crippen molar-refractivity contribution in [2.75, 3.05) is 0 Å². The van der Waals surface area contributed by atoms with Crippen LogP contribution in [0.3, 0.4) is 0 Å². The third-order valence-corrected chi connectivity index (χ3v) is 6.66. The Labute approximate surface area is 241 Å². The molecule has 0 radical (unpaired) electrons. The maximum absolute atomic E-state index is 6.69. The summed E-state index contributed by atoms with van der Waals surface area (Å²) in [6.45, 7) is 0. The van der Waals surface area contributed by atoms with Gasteiger partial charge in [0.1, 0.15) is 11.5 Å². The van der Waals surface area contributed by atoms with Gasteiger partial charge in [-0.15, -0.1) is 0 Å². The first-order valence-electron chi connectivity index (χ1n) is 13.5. The number of hydrogen-bond acceptors (Lipinski definition) is 1. The third-order valence-electron chi connectivity index (χ3n) is 6.66. The predicted octanol–water partition coefficient (Wildman–Crippen LogP) is 9.61. The summed E-state index contributed by atoms with van der Waals surface area (Å²) < 4.78 is 6.69. The quantitative estimate of drug-likeness (QED) is 0.209. The van der Waals surface area contributed by atoms with Gasteiger partial charge in [0.25, 0.3) is 0 Å². The molecule has 1 heteroatoms. The van der Waals surface area contributed by atoms with E-state index in [2.05, 4.69) is 60.1 Å². The molecule has 0 amide bonds. The molecule has 6 rings (SSSR count). The van der Waals surface area contributed by atoms with Gasteiger partial charge in [-0.25, -0.2) is 0 Å². The molecule has 0 N–H and O–H groups in total. The Kier molecular flexibility index (Phi) is 7.72. The lowest BCUT2D eigenvalue weighted by Gasteiger charge is -2.16. The van der Waals surface area contributed by atoms with Crippen molar-refractivity contribution in [2.24, 2.45) is 0 Å². The fourth-order valence-electron chi connectivity index (χ4n) is 4.65. The van der Waals surface area contributed by atoms with Crippen molar-refractivity contribution in [3.63, 3.8) is 0 Å². The van der Waals surface area contributed by atoms with Crippen LogP contribution in [-0.4, -0.2) is 0 Å². The van der Waals surface area contributed by atoms with Crippen LogP contribution >= 0.6 is 0 Å². The SMILES string of the molecule is C(#Cc1ccccc1-c1ccccc1Oc1ccccc1-c1ccccc1C#Cc1ccccc1)c1ccccc1. The number of hydrogen-bond donors (Lipinski definition) is 0. The zero-order valence-corrected chi connectivity index (χ0v) is 22.4. The zero-order valence-electron chi connectivity index (χ0n) is 22.4. The molecular formula is C40H26O. The molecule has 6 aromatic rings. The first-order chi connectivity index (χ1) is 20.3. The molecule has 6 aromatic carbocycles. The van der Waals surface area contributed by atoms with Gasteiger partial charge in [-0.2, -0.15) is 0 Å². The van der Waals surface area contributed by atoms with Crippen LogP contribution in [0, 0.1) is 23.7 Å². The molecule has 0 aliphatic rings. The summed E-state index contributed by atoms with van der Waals surface area (Å²) in [7, 11) is 0. The number of benzene rings is 6. The fourth-order valence-corrected chi connectivity index (χ4v) is 4.65. The molecule has 0 aliphatic heterocycles. The van der Waals surface area contributed by atoms with Crippen molar-refractivity contribution in [1.29, 1.82) is 0 Å². The Bertz CT molecular complexity index is 1770. The molecule has 0 atom stereocenters. The topological polar surface area (TPSA) is 9.23 Å². The van der Waals surface area contributed by atoms with Crippen molar-refractivity contribution in [1.82, 2.24) is 0 Å². The average Bonchev–Trinajstić information content (AvgIpc) is 3.05. The summed E-state index contributed by atoms with van der Waals surface area (Å²) in [5.41, 5.74) is 7.88. The van der Waals surface area contributed by atoms with Gasteiger partial charge in [0, 0.05) is 44.5 Å². The van der Waals surface area contributed by atoms with Crippen LogP contribution in [0.25, 0.3) is 22.3 Å². The standard InChI is InChI=1S/C40H26O/c1-3-15-31(16-4-1)27-29-33-19-7-9-21-35(33)37-23-11-13-25-39(37)41-40-26-14-12-24-38(40)36-22-10-8-20-34(36)30-28-32-17-5-2-6-18-32/h1-26H. The van der Waals surface area contributed by atoms with Crippen LogP contribution in [0.4, 0.5) is 0 Å².